The lowest BCUT2D eigenvalue weighted by Crippen LogP contribution is -1.96. The average molecular weight is 400 g/mol. The van der Waals surface area contributed by atoms with E-state index in [2.05, 4.69) is 56.7 Å². The molecule has 2 aromatic carbocycles. The maximum atomic E-state index is 4.46. The minimum Gasteiger partial charge on any atom is -0.288 e. The quantitative estimate of drug-likeness (QED) is 0.446. The first kappa shape index (κ1) is 21.2. The van der Waals surface area contributed by atoms with Crippen LogP contribution < -0.4 is 0 Å². The molecule has 0 saturated carbocycles. The standard InChI is InChI=1S/C23H23N5.C2H6/c1-4-5-21(24-2)18-10-11-22-20(13-18)23(27-26-22)12-16-6-8-17(9-7-16)19-14-25-28(3)15-19;1-2/h4-11,13-15H,12H2,1-3H3,(H,26,27);1-2H3/b5-4-,24-21?;. The van der Waals surface area contributed by atoms with Gasteiger partial charge in [0.1, 0.15) is 0 Å². The predicted octanol–water partition coefficient (Wildman–Crippen LogP) is 5.58. The van der Waals surface area contributed by atoms with Gasteiger partial charge in [0.25, 0.3) is 0 Å². The highest BCUT2D eigenvalue weighted by Crippen LogP contribution is 2.23. The van der Waals surface area contributed by atoms with Crippen molar-refractivity contribution in [1.29, 1.82) is 0 Å². The molecule has 0 spiro atoms. The number of benzene rings is 2. The lowest BCUT2D eigenvalue weighted by atomic mass is 10.0. The highest BCUT2D eigenvalue weighted by atomic mass is 15.2. The Hall–Kier alpha value is -3.47. The summed E-state index contributed by atoms with van der Waals surface area (Å²) in [6.45, 7) is 6.00. The van der Waals surface area contributed by atoms with Crippen molar-refractivity contribution in [2.24, 2.45) is 12.0 Å². The lowest BCUT2D eigenvalue weighted by molar-refractivity contribution is 0.768. The van der Waals surface area contributed by atoms with Crippen LogP contribution in [0.25, 0.3) is 22.0 Å². The number of aromatic nitrogens is 4. The molecular formula is C25H29N5. The van der Waals surface area contributed by atoms with Gasteiger partial charge in [-0.25, -0.2) is 0 Å². The summed E-state index contributed by atoms with van der Waals surface area (Å²) in [6.07, 6.45) is 8.74. The number of nitrogens with zero attached hydrogens (tertiary/aromatic N) is 4. The van der Waals surface area contributed by atoms with Crippen molar-refractivity contribution in [2.45, 2.75) is 27.2 Å². The van der Waals surface area contributed by atoms with Crippen LogP contribution in [0.1, 0.15) is 37.6 Å². The van der Waals surface area contributed by atoms with Crippen LogP contribution in [-0.2, 0) is 13.5 Å². The van der Waals surface area contributed by atoms with Crippen LogP contribution >= 0.6 is 0 Å². The molecule has 2 heterocycles. The smallest absolute Gasteiger partial charge is 0.0924 e. The van der Waals surface area contributed by atoms with Gasteiger partial charge in [0.05, 0.1) is 17.4 Å². The Bertz CT molecular complexity index is 1160. The Kier molecular flexibility index (Phi) is 6.96. The number of aryl methyl sites for hydroxylation is 1. The van der Waals surface area contributed by atoms with Crippen molar-refractivity contribution in [2.75, 3.05) is 7.05 Å². The van der Waals surface area contributed by atoms with E-state index in [-0.39, 0.29) is 0 Å². The zero-order chi connectivity index (χ0) is 21.5. The summed E-state index contributed by atoms with van der Waals surface area (Å²) < 4.78 is 1.82. The molecule has 0 atom stereocenters. The fraction of sp³-hybridized carbons (Fsp3) is 0.240. The van der Waals surface area contributed by atoms with Crippen LogP contribution in [0.5, 0.6) is 0 Å². The van der Waals surface area contributed by atoms with Crippen LogP contribution in [0.4, 0.5) is 0 Å². The molecule has 2 aromatic heterocycles. The van der Waals surface area contributed by atoms with Gasteiger partial charge in [-0.3, -0.25) is 14.8 Å². The van der Waals surface area contributed by atoms with E-state index in [9.17, 15) is 0 Å². The van der Waals surface area contributed by atoms with Gasteiger partial charge in [0.15, 0.2) is 0 Å². The van der Waals surface area contributed by atoms with Gasteiger partial charge < -0.3 is 0 Å². The SMILES string of the molecule is C/C=C\C(=NC)c1ccc2n[nH]c(Cc3ccc(-c4cnn(C)c4)cc3)c2c1.CC. The maximum absolute atomic E-state index is 4.46. The molecule has 4 aromatic rings. The number of allylic oxidation sites excluding steroid dienone is 2. The van der Waals surface area contributed by atoms with Gasteiger partial charge in [0.2, 0.25) is 0 Å². The second-order valence-corrected chi connectivity index (χ2v) is 6.82. The summed E-state index contributed by atoms with van der Waals surface area (Å²) in [5.74, 6) is 0. The van der Waals surface area contributed by atoms with Crippen LogP contribution in [0.2, 0.25) is 0 Å². The van der Waals surface area contributed by atoms with E-state index in [1.807, 2.05) is 70.2 Å². The monoisotopic (exact) mass is 399 g/mol. The first-order valence-corrected chi connectivity index (χ1v) is 10.3. The molecule has 5 heteroatoms. The third kappa shape index (κ3) is 4.57. The summed E-state index contributed by atoms with van der Waals surface area (Å²) in [7, 11) is 3.75. The van der Waals surface area contributed by atoms with Crippen molar-refractivity contribution in [3.8, 4) is 11.1 Å². The van der Waals surface area contributed by atoms with E-state index in [0.29, 0.717) is 0 Å². The molecule has 0 saturated heterocycles. The molecule has 154 valence electrons. The van der Waals surface area contributed by atoms with Gasteiger partial charge in [0, 0.05) is 48.9 Å². The zero-order valence-corrected chi connectivity index (χ0v) is 18.3. The number of aromatic amines is 1. The van der Waals surface area contributed by atoms with Crippen molar-refractivity contribution >= 4 is 16.6 Å². The van der Waals surface area contributed by atoms with Gasteiger partial charge in [-0.15, -0.1) is 0 Å². The fourth-order valence-electron chi connectivity index (χ4n) is 3.40. The van der Waals surface area contributed by atoms with E-state index < -0.39 is 0 Å². The molecule has 30 heavy (non-hydrogen) atoms. The van der Waals surface area contributed by atoms with Gasteiger partial charge in [-0.2, -0.15) is 10.2 Å². The minimum atomic E-state index is 0.801. The fourth-order valence-corrected chi connectivity index (χ4v) is 3.40. The average Bonchev–Trinajstić information content (AvgIpc) is 3.40. The normalized spacial score (nSPS) is 11.7. The van der Waals surface area contributed by atoms with Crippen LogP contribution in [-0.4, -0.2) is 32.7 Å². The summed E-state index contributed by atoms with van der Waals surface area (Å²) in [6, 6.07) is 14.9. The first-order chi connectivity index (χ1) is 14.7. The molecule has 0 aliphatic heterocycles. The highest BCUT2D eigenvalue weighted by Gasteiger charge is 2.09. The van der Waals surface area contributed by atoms with Crippen molar-refractivity contribution in [3.05, 3.63) is 83.8 Å². The molecule has 0 unspecified atom stereocenters. The summed E-state index contributed by atoms with van der Waals surface area (Å²) in [4.78, 5) is 4.39. The molecule has 0 fully saturated rings. The van der Waals surface area contributed by atoms with Crippen LogP contribution in [0, 0.1) is 0 Å². The molecule has 0 aliphatic carbocycles. The third-order valence-corrected chi connectivity index (χ3v) is 4.87. The van der Waals surface area contributed by atoms with Crippen molar-refractivity contribution < 1.29 is 0 Å². The second-order valence-electron chi connectivity index (χ2n) is 6.82. The van der Waals surface area contributed by atoms with Gasteiger partial charge >= 0.3 is 0 Å². The molecule has 0 radical (unpaired) electrons. The number of aliphatic imine (C=N–C) groups is 1. The van der Waals surface area contributed by atoms with Crippen molar-refractivity contribution in [1.82, 2.24) is 20.0 Å². The van der Waals surface area contributed by atoms with E-state index >= 15 is 0 Å². The molecule has 0 aliphatic rings. The highest BCUT2D eigenvalue weighted by molar-refractivity contribution is 6.10. The molecule has 5 nitrogen and oxygen atoms in total. The summed E-state index contributed by atoms with van der Waals surface area (Å²) in [5, 5.41) is 13.0. The first-order valence-electron chi connectivity index (χ1n) is 10.3. The molecule has 0 amide bonds. The largest absolute Gasteiger partial charge is 0.288 e. The van der Waals surface area contributed by atoms with Gasteiger partial charge in [-0.05, 0) is 36.3 Å². The van der Waals surface area contributed by atoms with E-state index in [1.54, 1.807) is 0 Å². The molecule has 4 rings (SSSR count). The number of nitrogens with one attached hydrogen (secondary N) is 1. The van der Waals surface area contributed by atoms with Crippen molar-refractivity contribution in [3.63, 3.8) is 0 Å². The molecule has 0 bridgehead atoms. The minimum absolute atomic E-state index is 0.801. The molecule has 1 N–H and O–H groups in total. The second kappa shape index (κ2) is 9.83. The Labute approximate surface area is 178 Å². The topological polar surface area (TPSA) is 58.9 Å². The number of hydrogen-bond donors (Lipinski definition) is 1. The lowest BCUT2D eigenvalue weighted by Gasteiger charge is -2.04. The number of H-pyrrole nitrogens is 1. The Morgan fingerprint density at radius 1 is 1.10 bits per heavy atom. The van der Waals surface area contributed by atoms with E-state index in [4.69, 9.17) is 0 Å². The van der Waals surface area contributed by atoms with Crippen LogP contribution in [0.3, 0.4) is 0 Å². The maximum Gasteiger partial charge on any atom is 0.0924 e. The van der Waals surface area contributed by atoms with E-state index in [1.165, 1.54) is 11.1 Å². The molecular weight excluding hydrogens is 370 g/mol. The number of fused-ring (bicyclic) bond motifs is 1. The number of rotatable bonds is 5. The van der Waals surface area contributed by atoms with Gasteiger partial charge in [-0.1, -0.05) is 50.3 Å². The van der Waals surface area contributed by atoms with Crippen LogP contribution in [0.15, 0.2) is 72.0 Å². The Balaban J connectivity index is 0.00000124. The Morgan fingerprint density at radius 3 is 2.50 bits per heavy atom. The zero-order valence-electron chi connectivity index (χ0n) is 18.3. The summed E-state index contributed by atoms with van der Waals surface area (Å²) in [5.41, 5.74) is 7.69. The number of hydrogen-bond acceptors (Lipinski definition) is 3. The third-order valence-electron chi connectivity index (χ3n) is 4.87. The summed E-state index contributed by atoms with van der Waals surface area (Å²) >= 11 is 0. The van der Waals surface area contributed by atoms with E-state index in [0.717, 1.165) is 39.9 Å². The Morgan fingerprint density at radius 2 is 1.87 bits per heavy atom. The predicted molar refractivity (Wildman–Crippen MR) is 126 cm³/mol.